The van der Waals surface area contributed by atoms with E-state index in [1.807, 2.05) is 13.8 Å². The van der Waals surface area contributed by atoms with Crippen molar-refractivity contribution >= 4 is 0 Å². The summed E-state index contributed by atoms with van der Waals surface area (Å²) in [5, 5.41) is 3.50. The van der Waals surface area contributed by atoms with Crippen LogP contribution in [-0.2, 0) is 13.0 Å². The van der Waals surface area contributed by atoms with Gasteiger partial charge < -0.3 is 9.73 Å². The fraction of sp³-hybridized carbons (Fsp3) is 0.471. The number of oxazole rings is 1. The average Bonchev–Trinajstić information content (AvgIpc) is 2.78. The van der Waals surface area contributed by atoms with Crippen LogP contribution in [0.3, 0.4) is 0 Å². The highest BCUT2D eigenvalue weighted by molar-refractivity contribution is 5.32. The van der Waals surface area contributed by atoms with Crippen LogP contribution in [0.15, 0.2) is 28.7 Å². The van der Waals surface area contributed by atoms with Gasteiger partial charge in [-0.05, 0) is 50.2 Å². The fourth-order valence-corrected chi connectivity index (χ4v) is 3.03. The Labute approximate surface area is 120 Å². The summed E-state index contributed by atoms with van der Waals surface area (Å²) in [4.78, 5) is 4.41. The van der Waals surface area contributed by atoms with Crippen LogP contribution in [0, 0.1) is 13.8 Å². The van der Waals surface area contributed by atoms with E-state index in [4.69, 9.17) is 4.42 Å². The molecule has 1 unspecified atom stereocenters. The number of aryl methyl sites for hydroxylation is 3. The normalized spacial score (nSPS) is 18.0. The van der Waals surface area contributed by atoms with Gasteiger partial charge >= 0.3 is 0 Å². The van der Waals surface area contributed by atoms with Gasteiger partial charge in [0.05, 0.1) is 12.2 Å². The Balaban J connectivity index is 1.59. The third-order valence-corrected chi connectivity index (χ3v) is 4.23. The lowest BCUT2D eigenvalue weighted by Gasteiger charge is -2.25. The molecule has 0 saturated carbocycles. The quantitative estimate of drug-likeness (QED) is 0.924. The summed E-state index contributed by atoms with van der Waals surface area (Å²) < 4.78 is 5.60. The molecule has 0 aliphatic heterocycles. The lowest BCUT2D eigenvalue weighted by atomic mass is 9.83. The summed E-state index contributed by atoms with van der Waals surface area (Å²) in [7, 11) is 0. The van der Waals surface area contributed by atoms with Crippen molar-refractivity contribution in [2.45, 2.75) is 45.6 Å². The Morgan fingerprint density at radius 2 is 2.15 bits per heavy atom. The molecule has 0 fully saturated rings. The topological polar surface area (TPSA) is 38.1 Å². The molecule has 1 atom stereocenters. The van der Waals surface area contributed by atoms with E-state index in [1.54, 1.807) is 0 Å². The van der Waals surface area contributed by atoms with Gasteiger partial charge in [0.2, 0.25) is 5.89 Å². The maximum Gasteiger partial charge on any atom is 0.208 e. The molecule has 0 amide bonds. The van der Waals surface area contributed by atoms with E-state index >= 15 is 0 Å². The summed E-state index contributed by atoms with van der Waals surface area (Å²) >= 11 is 0. The molecule has 1 aromatic carbocycles. The van der Waals surface area contributed by atoms with Gasteiger partial charge in [0.1, 0.15) is 5.76 Å². The number of rotatable bonds is 4. The minimum atomic E-state index is 0.622. The average molecular weight is 270 g/mol. The molecule has 1 aromatic heterocycles. The van der Waals surface area contributed by atoms with Crippen molar-refractivity contribution < 1.29 is 4.42 Å². The molecule has 1 heterocycles. The second-order valence-corrected chi connectivity index (χ2v) is 5.67. The van der Waals surface area contributed by atoms with Crippen molar-refractivity contribution in [3.63, 3.8) is 0 Å². The molecule has 1 aliphatic carbocycles. The molecule has 0 radical (unpaired) electrons. The van der Waals surface area contributed by atoms with Crippen LogP contribution >= 0.6 is 0 Å². The van der Waals surface area contributed by atoms with Gasteiger partial charge in [0.15, 0.2) is 0 Å². The van der Waals surface area contributed by atoms with E-state index in [0.29, 0.717) is 12.5 Å². The van der Waals surface area contributed by atoms with Crippen molar-refractivity contribution in [1.29, 1.82) is 0 Å². The number of hydrogen-bond donors (Lipinski definition) is 1. The van der Waals surface area contributed by atoms with Gasteiger partial charge in [-0.25, -0.2) is 4.98 Å². The van der Waals surface area contributed by atoms with Crippen LogP contribution in [0.1, 0.15) is 47.2 Å². The molecular weight excluding hydrogens is 248 g/mol. The summed E-state index contributed by atoms with van der Waals surface area (Å²) in [5.41, 5.74) is 4.03. The third kappa shape index (κ3) is 2.78. The molecule has 0 bridgehead atoms. The van der Waals surface area contributed by atoms with Gasteiger partial charge in [-0.1, -0.05) is 24.3 Å². The molecule has 3 rings (SSSR count). The highest BCUT2D eigenvalue weighted by Crippen LogP contribution is 2.30. The lowest BCUT2D eigenvalue weighted by molar-refractivity contribution is 0.433. The molecular formula is C17H22N2O. The van der Waals surface area contributed by atoms with Crippen LogP contribution in [0.4, 0.5) is 0 Å². The zero-order valence-corrected chi connectivity index (χ0v) is 12.3. The van der Waals surface area contributed by atoms with E-state index in [1.165, 1.54) is 30.4 Å². The summed E-state index contributed by atoms with van der Waals surface area (Å²) in [6.45, 7) is 5.66. The van der Waals surface area contributed by atoms with Crippen LogP contribution in [0.2, 0.25) is 0 Å². The van der Waals surface area contributed by atoms with E-state index < -0.39 is 0 Å². The molecule has 3 nitrogen and oxygen atoms in total. The highest BCUT2D eigenvalue weighted by atomic mass is 16.4. The number of nitrogens with one attached hydrogen (secondary N) is 1. The number of fused-ring (bicyclic) bond motifs is 1. The van der Waals surface area contributed by atoms with E-state index in [9.17, 15) is 0 Å². The van der Waals surface area contributed by atoms with Crippen molar-refractivity contribution in [2.24, 2.45) is 0 Å². The Hall–Kier alpha value is -1.61. The highest BCUT2D eigenvalue weighted by Gasteiger charge is 2.19. The smallest absolute Gasteiger partial charge is 0.208 e. The van der Waals surface area contributed by atoms with Crippen molar-refractivity contribution in [3.8, 4) is 0 Å². The molecule has 0 spiro atoms. The Morgan fingerprint density at radius 1 is 1.30 bits per heavy atom. The van der Waals surface area contributed by atoms with Gasteiger partial charge in [0.25, 0.3) is 0 Å². The molecule has 2 aromatic rings. The molecule has 3 heteroatoms. The number of benzene rings is 1. The maximum atomic E-state index is 5.60. The van der Waals surface area contributed by atoms with E-state index in [-0.39, 0.29) is 0 Å². The number of aromatic nitrogens is 1. The SMILES string of the molecule is Cc1nc(CNCC2CCCc3ccccc32)oc1C. The lowest BCUT2D eigenvalue weighted by Crippen LogP contribution is -2.24. The Morgan fingerprint density at radius 3 is 2.95 bits per heavy atom. The van der Waals surface area contributed by atoms with Crippen LogP contribution < -0.4 is 5.32 Å². The minimum absolute atomic E-state index is 0.622. The van der Waals surface area contributed by atoms with Gasteiger partial charge in [0, 0.05) is 6.54 Å². The first-order chi connectivity index (χ1) is 9.74. The minimum Gasteiger partial charge on any atom is -0.444 e. The third-order valence-electron chi connectivity index (χ3n) is 4.23. The van der Waals surface area contributed by atoms with Crippen LogP contribution in [0.25, 0.3) is 0 Å². The zero-order chi connectivity index (χ0) is 13.9. The first-order valence-corrected chi connectivity index (χ1v) is 7.45. The second kappa shape index (κ2) is 5.80. The molecule has 0 saturated heterocycles. The summed E-state index contributed by atoms with van der Waals surface area (Å²) in [5.74, 6) is 2.34. The number of hydrogen-bond acceptors (Lipinski definition) is 3. The van der Waals surface area contributed by atoms with E-state index in [0.717, 1.165) is 23.9 Å². The van der Waals surface area contributed by atoms with Crippen molar-refractivity contribution in [3.05, 3.63) is 52.7 Å². The molecule has 20 heavy (non-hydrogen) atoms. The summed E-state index contributed by atoms with van der Waals surface area (Å²) in [6.07, 6.45) is 3.79. The zero-order valence-electron chi connectivity index (χ0n) is 12.3. The van der Waals surface area contributed by atoms with Crippen LogP contribution in [0.5, 0.6) is 0 Å². The van der Waals surface area contributed by atoms with Crippen molar-refractivity contribution in [2.75, 3.05) is 6.54 Å². The monoisotopic (exact) mass is 270 g/mol. The van der Waals surface area contributed by atoms with Gasteiger partial charge in [-0.15, -0.1) is 0 Å². The Kier molecular flexibility index (Phi) is 3.88. The van der Waals surface area contributed by atoms with Crippen molar-refractivity contribution in [1.82, 2.24) is 10.3 Å². The fourth-order valence-electron chi connectivity index (χ4n) is 3.03. The molecule has 1 N–H and O–H groups in total. The first kappa shape index (κ1) is 13.4. The first-order valence-electron chi connectivity index (χ1n) is 7.45. The molecule has 1 aliphatic rings. The van der Waals surface area contributed by atoms with Gasteiger partial charge in [-0.2, -0.15) is 0 Å². The summed E-state index contributed by atoms with van der Waals surface area (Å²) in [6, 6.07) is 8.84. The van der Waals surface area contributed by atoms with E-state index in [2.05, 4.69) is 34.6 Å². The predicted molar refractivity (Wildman–Crippen MR) is 79.8 cm³/mol. The van der Waals surface area contributed by atoms with Crippen LogP contribution in [-0.4, -0.2) is 11.5 Å². The Bertz CT molecular complexity index is 569. The molecule has 106 valence electrons. The number of nitrogens with zero attached hydrogens (tertiary/aromatic N) is 1. The predicted octanol–water partition coefficient (Wildman–Crippen LogP) is 3.50. The maximum absolute atomic E-state index is 5.60. The second-order valence-electron chi connectivity index (χ2n) is 5.67. The largest absolute Gasteiger partial charge is 0.444 e. The van der Waals surface area contributed by atoms with Gasteiger partial charge in [-0.3, -0.25) is 0 Å². The standard InChI is InChI=1S/C17H22N2O/c1-12-13(2)20-17(19-12)11-18-10-15-8-5-7-14-6-3-4-9-16(14)15/h3-4,6,9,15,18H,5,7-8,10-11H2,1-2H3.